The van der Waals surface area contributed by atoms with E-state index >= 15 is 0 Å². The fraction of sp³-hybridized carbons (Fsp3) is 0.727. The minimum absolute atomic E-state index is 0.0125. The first-order chi connectivity index (χ1) is 7.99. The summed E-state index contributed by atoms with van der Waals surface area (Å²) in [5, 5.41) is 11.5. The normalized spacial score (nSPS) is 31.1. The first kappa shape index (κ1) is 11.9. The van der Waals surface area contributed by atoms with Crippen LogP contribution in [0.5, 0.6) is 0 Å². The highest BCUT2D eigenvalue weighted by atomic mass is 16.4. The van der Waals surface area contributed by atoms with Gasteiger partial charge in [0.05, 0.1) is 11.8 Å². The van der Waals surface area contributed by atoms with Gasteiger partial charge in [-0.15, -0.1) is 0 Å². The van der Waals surface area contributed by atoms with E-state index in [1.807, 2.05) is 0 Å². The molecule has 3 unspecified atom stereocenters. The van der Waals surface area contributed by atoms with E-state index in [1.54, 1.807) is 4.90 Å². The third kappa shape index (κ3) is 2.57. The summed E-state index contributed by atoms with van der Waals surface area (Å²) in [7, 11) is 0. The van der Waals surface area contributed by atoms with Gasteiger partial charge in [0, 0.05) is 26.1 Å². The van der Waals surface area contributed by atoms with E-state index < -0.39 is 11.9 Å². The zero-order valence-corrected chi connectivity index (χ0v) is 9.68. The van der Waals surface area contributed by atoms with E-state index in [4.69, 9.17) is 5.11 Å². The summed E-state index contributed by atoms with van der Waals surface area (Å²) >= 11 is 0. The van der Waals surface area contributed by atoms with Crippen molar-refractivity contribution in [2.24, 2.45) is 11.8 Å². The molecular weight excluding hydrogens is 224 g/mol. The van der Waals surface area contributed by atoms with Crippen LogP contribution in [0.2, 0.25) is 0 Å². The maximum Gasteiger partial charge on any atom is 0.307 e. The van der Waals surface area contributed by atoms with Crippen molar-refractivity contribution >= 4 is 17.8 Å². The molecule has 1 saturated heterocycles. The average molecular weight is 240 g/mol. The van der Waals surface area contributed by atoms with E-state index in [1.165, 1.54) is 6.92 Å². The van der Waals surface area contributed by atoms with Gasteiger partial charge in [0.15, 0.2) is 0 Å². The Morgan fingerprint density at radius 2 is 2.00 bits per heavy atom. The quantitative estimate of drug-likeness (QED) is 0.692. The second kappa shape index (κ2) is 4.35. The summed E-state index contributed by atoms with van der Waals surface area (Å²) in [6.07, 6.45) is 1.20. The lowest BCUT2D eigenvalue weighted by Gasteiger charge is -2.16. The number of carbonyl (C=O) groups excluding carboxylic acids is 2. The van der Waals surface area contributed by atoms with E-state index in [0.29, 0.717) is 19.5 Å². The van der Waals surface area contributed by atoms with Gasteiger partial charge in [-0.25, -0.2) is 0 Å². The van der Waals surface area contributed by atoms with E-state index in [0.717, 1.165) is 6.42 Å². The Labute approximate surface area is 99.0 Å². The fourth-order valence-corrected chi connectivity index (χ4v) is 2.34. The number of aliphatic carboxylic acids is 1. The SMILES string of the molecule is CC(=O)NC1CCN(C(=O)C2CC2C(=O)O)C1. The van der Waals surface area contributed by atoms with Crippen LogP contribution in [0.3, 0.4) is 0 Å². The van der Waals surface area contributed by atoms with Crippen LogP contribution in [0.4, 0.5) is 0 Å². The number of amides is 2. The number of likely N-dealkylation sites (tertiary alicyclic amines) is 1. The highest BCUT2D eigenvalue weighted by molar-refractivity contribution is 5.89. The minimum atomic E-state index is -0.888. The molecule has 2 aliphatic rings. The third-order valence-electron chi connectivity index (χ3n) is 3.33. The zero-order chi connectivity index (χ0) is 12.6. The molecule has 6 heteroatoms. The molecule has 2 N–H and O–H groups in total. The molecule has 0 radical (unpaired) electrons. The maximum atomic E-state index is 11.9. The lowest BCUT2D eigenvalue weighted by molar-refractivity contribution is -0.141. The van der Waals surface area contributed by atoms with Crippen LogP contribution in [-0.4, -0.2) is 46.9 Å². The van der Waals surface area contributed by atoms with Crippen LogP contribution in [0.15, 0.2) is 0 Å². The van der Waals surface area contributed by atoms with Gasteiger partial charge in [0.2, 0.25) is 11.8 Å². The Hall–Kier alpha value is -1.59. The number of hydrogen-bond acceptors (Lipinski definition) is 3. The van der Waals surface area contributed by atoms with E-state index in [9.17, 15) is 14.4 Å². The standard InChI is InChI=1S/C11H16N2O4/c1-6(14)12-7-2-3-13(5-7)10(15)8-4-9(8)11(16)17/h7-9H,2-5H2,1H3,(H,12,14)(H,16,17). The molecule has 1 aliphatic carbocycles. The average Bonchev–Trinajstić information content (AvgIpc) is 2.91. The molecule has 1 saturated carbocycles. The van der Waals surface area contributed by atoms with Crippen molar-refractivity contribution in [1.82, 2.24) is 10.2 Å². The molecule has 2 rings (SSSR count). The predicted molar refractivity (Wildman–Crippen MR) is 58.0 cm³/mol. The van der Waals surface area contributed by atoms with Crippen LogP contribution in [-0.2, 0) is 14.4 Å². The van der Waals surface area contributed by atoms with Gasteiger partial charge in [-0.2, -0.15) is 0 Å². The van der Waals surface area contributed by atoms with Crippen molar-refractivity contribution in [3.63, 3.8) is 0 Å². The Kier molecular flexibility index (Phi) is 3.04. The van der Waals surface area contributed by atoms with Crippen molar-refractivity contribution in [2.45, 2.75) is 25.8 Å². The number of nitrogens with one attached hydrogen (secondary N) is 1. The molecule has 2 amide bonds. The third-order valence-corrected chi connectivity index (χ3v) is 3.33. The van der Waals surface area contributed by atoms with Crippen LogP contribution in [0.25, 0.3) is 0 Å². The second-order valence-corrected chi connectivity index (χ2v) is 4.76. The summed E-state index contributed by atoms with van der Waals surface area (Å²) in [5.41, 5.74) is 0. The predicted octanol–water partition coefficient (Wildman–Crippen LogP) is -0.556. The summed E-state index contributed by atoms with van der Waals surface area (Å²) in [6.45, 7) is 2.56. The molecule has 2 fully saturated rings. The van der Waals surface area contributed by atoms with Gasteiger partial charge in [-0.05, 0) is 12.8 Å². The topological polar surface area (TPSA) is 86.7 Å². The molecule has 0 aromatic carbocycles. The van der Waals surface area contributed by atoms with Crippen molar-refractivity contribution < 1.29 is 19.5 Å². The van der Waals surface area contributed by atoms with Crippen LogP contribution >= 0.6 is 0 Å². The van der Waals surface area contributed by atoms with Gasteiger partial charge in [0.1, 0.15) is 0 Å². The van der Waals surface area contributed by atoms with E-state index in [-0.39, 0.29) is 23.8 Å². The molecule has 0 bridgehead atoms. The molecule has 0 spiro atoms. The van der Waals surface area contributed by atoms with Crippen molar-refractivity contribution in [1.29, 1.82) is 0 Å². The van der Waals surface area contributed by atoms with Crippen molar-refractivity contribution in [3.05, 3.63) is 0 Å². The molecular formula is C11H16N2O4. The molecule has 3 atom stereocenters. The number of nitrogens with zero attached hydrogens (tertiary/aromatic N) is 1. The van der Waals surface area contributed by atoms with Crippen LogP contribution in [0.1, 0.15) is 19.8 Å². The molecule has 1 aliphatic heterocycles. The molecule has 94 valence electrons. The van der Waals surface area contributed by atoms with E-state index in [2.05, 4.69) is 5.32 Å². The summed E-state index contributed by atoms with van der Waals surface area (Å²) < 4.78 is 0. The Morgan fingerprint density at radius 1 is 1.29 bits per heavy atom. The number of carboxylic acid groups (broad SMARTS) is 1. The lowest BCUT2D eigenvalue weighted by Crippen LogP contribution is -2.38. The molecule has 1 heterocycles. The first-order valence-corrected chi connectivity index (χ1v) is 5.77. The van der Waals surface area contributed by atoms with Gasteiger partial charge in [-0.1, -0.05) is 0 Å². The zero-order valence-electron chi connectivity index (χ0n) is 9.68. The summed E-state index contributed by atoms with van der Waals surface area (Å²) in [5.74, 6) is -1.91. The van der Waals surface area contributed by atoms with Gasteiger partial charge < -0.3 is 15.3 Å². The van der Waals surface area contributed by atoms with Gasteiger partial charge in [0.25, 0.3) is 0 Å². The Balaban J connectivity index is 1.83. The maximum absolute atomic E-state index is 11.9. The van der Waals surface area contributed by atoms with Crippen molar-refractivity contribution in [2.75, 3.05) is 13.1 Å². The number of carbonyl (C=O) groups is 3. The minimum Gasteiger partial charge on any atom is -0.481 e. The molecule has 6 nitrogen and oxygen atoms in total. The summed E-state index contributed by atoms with van der Waals surface area (Å²) in [6, 6.07) is 0.0125. The highest BCUT2D eigenvalue weighted by Gasteiger charge is 2.50. The monoisotopic (exact) mass is 240 g/mol. The lowest BCUT2D eigenvalue weighted by atomic mass is 10.2. The fourth-order valence-electron chi connectivity index (χ4n) is 2.34. The number of carboxylic acids is 1. The Bertz CT molecular complexity index is 368. The number of rotatable bonds is 3. The highest BCUT2D eigenvalue weighted by Crippen LogP contribution is 2.40. The van der Waals surface area contributed by atoms with Gasteiger partial charge in [-0.3, -0.25) is 14.4 Å². The molecule has 0 aromatic heterocycles. The molecule has 17 heavy (non-hydrogen) atoms. The van der Waals surface area contributed by atoms with Gasteiger partial charge >= 0.3 is 5.97 Å². The summed E-state index contributed by atoms with van der Waals surface area (Å²) in [4.78, 5) is 35.1. The smallest absolute Gasteiger partial charge is 0.307 e. The van der Waals surface area contributed by atoms with Crippen LogP contribution < -0.4 is 5.32 Å². The van der Waals surface area contributed by atoms with Crippen molar-refractivity contribution in [3.8, 4) is 0 Å². The Morgan fingerprint density at radius 3 is 2.53 bits per heavy atom. The first-order valence-electron chi connectivity index (χ1n) is 5.77. The molecule has 0 aromatic rings. The largest absolute Gasteiger partial charge is 0.481 e. The number of hydrogen-bond donors (Lipinski definition) is 2. The second-order valence-electron chi connectivity index (χ2n) is 4.76. The van der Waals surface area contributed by atoms with Crippen LogP contribution in [0, 0.1) is 11.8 Å².